The van der Waals surface area contributed by atoms with Crippen LogP contribution >= 0.6 is 0 Å². The highest BCUT2D eigenvalue weighted by atomic mass is 16.6. The number of carbonyl (C=O) groups excluding carboxylic acids is 2. The maximum atomic E-state index is 11.8. The summed E-state index contributed by atoms with van der Waals surface area (Å²) in [5.41, 5.74) is 0.502. The van der Waals surface area contributed by atoms with Gasteiger partial charge in [-0.3, -0.25) is 19.7 Å². The molecule has 1 aliphatic heterocycles. The van der Waals surface area contributed by atoms with Crippen LogP contribution in [0.2, 0.25) is 0 Å². The monoisotopic (exact) mass is 264 g/mol. The minimum Gasteiger partial charge on any atom is -0.469 e. The predicted octanol–water partition coefficient (Wildman–Crippen LogP) is 1.12. The van der Waals surface area contributed by atoms with Crippen molar-refractivity contribution >= 4 is 23.3 Å². The Morgan fingerprint density at radius 1 is 1.42 bits per heavy atom. The van der Waals surface area contributed by atoms with Gasteiger partial charge in [-0.1, -0.05) is 0 Å². The van der Waals surface area contributed by atoms with E-state index in [0.717, 1.165) is 0 Å². The lowest BCUT2D eigenvalue weighted by Crippen LogP contribution is -2.26. The number of esters is 1. The molecule has 0 aliphatic carbocycles. The van der Waals surface area contributed by atoms with Gasteiger partial charge in [0.25, 0.3) is 5.69 Å². The number of hydrogen-bond acceptors (Lipinski definition) is 5. The summed E-state index contributed by atoms with van der Waals surface area (Å²) >= 11 is 0. The summed E-state index contributed by atoms with van der Waals surface area (Å²) in [6.07, 6.45) is 0.101. The van der Waals surface area contributed by atoms with Crippen molar-refractivity contribution < 1.29 is 19.2 Å². The van der Waals surface area contributed by atoms with Crippen molar-refractivity contribution in [1.82, 2.24) is 0 Å². The van der Waals surface area contributed by atoms with E-state index in [9.17, 15) is 19.7 Å². The van der Waals surface area contributed by atoms with Crippen molar-refractivity contribution in [1.29, 1.82) is 0 Å². The van der Waals surface area contributed by atoms with Crippen molar-refractivity contribution in [3.63, 3.8) is 0 Å². The maximum absolute atomic E-state index is 11.8. The van der Waals surface area contributed by atoms with E-state index in [4.69, 9.17) is 0 Å². The van der Waals surface area contributed by atoms with Gasteiger partial charge in [0.2, 0.25) is 5.91 Å². The number of anilines is 1. The van der Waals surface area contributed by atoms with Crippen LogP contribution < -0.4 is 4.90 Å². The van der Waals surface area contributed by atoms with Crippen LogP contribution in [-0.4, -0.2) is 30.5 Å². The molecule has 1 aromatic rings. The molecule has 1 saturated heterocycles. The second-order valence-corrected chi connectivity index (χ2v) is 4.20. The Labute approximate surface area is 108 Å². The number of nitrogens with zero attached hydrogens (tertiary/aromatic N) is 2. The summed E-state index contributed by atoms with van der Waals surface area (Å²) < 4.78 is 4.61. The second-order valence-electron chi connectivity index (χ2n) is 4.20. The molecule has 100 valence electrons. The molecule has 0 saturated carbocycles. The fraction of sp³-hybridized carbons (Fsp3) is 0.333. The molecule has 2 rings (SSSR count). The fourth-order valence-corrected chi connectivity index (χ4v) is 2.04. The van der Waals surface area contributed by atoms with Crippen LogP contribution in [0.5, 0.6) is 0 Å². The molecule has 1 fully saturated rings. The van der Waals surface area contributed by atoms with Crippen molar-refractivity contribution in [2.45, 2.75) is 6.42 Å². The molecule has 0 unspecified atom stereocenters. The third-order valence-electron chi connectivity index (χ3n) is 3.03. The third kappa shape index (κ3) is 2.54. The molecule has 7 nitrogen and oxygen atoms in total. The summed E-state index contributed by atoms with van der Waals surface area (Å²) in [6, 6.07) is 5.65. The van der Waals surface area contributed by atoms with E-state index in [1.165, 1.54) is 36.3 Å². The van der Waals surface area contributed by atoms with Crippen LogP contribution in [-0.2, 0) is 14.3 Å². The highest BCUT2D eigenvalue weighted by Crippen LogP contribution is 2.27. The number of nitro benzene ring substituents is 1. The number of rotatable bonds is 3. The van der Waals surface area contributed by atoms with E-state index in [2.05, 4.69) is 4.74 Å². The zero-order chi connectivity index (χ0) is 14.0. The van der Waals surface area contributed by atoms with E-state index >= 15 is 0 Å². The Hall–Kier alpha value is -2.44. The van der Waals surface area contributed by atoms with Gasteiger partial charge in [-0.15, -0.1) is 0 Å². The molecule has 1 atom stereocenters. The Balaban J connectivity index is 2.16. The van der Waals surface area contributed by atoms with Crippen LogP contribution in [0, 0.1) is 16.0 Å². The number of methoxy groups -OCH3 is 1. The zero-order valence-electron chi connectivity index (χ0n) is 10.2. The van der Waals surface area contributed by atoms with Gasteiger partial charge in [0.15, 0.2) is 0 Å². The molecule has 7 heteroatoms. The molecule has 0 spiro atoms. The summed E-state index contributed by atoms with van der Waals surface area (Å²) in [7, 11) is 1.28. The Kier molecular flexibility index (Phi) is 3.46. The normalized spacial score (nSPS) is 18.5. The van der Waals surface area contributed by atoms with E-state index in [0.29, 0.717) is 5.69 Å². The van der Waals surface area contributed by atoms with Crippen LogP contribution in [0.15, 0.2) is 24.3 Å². The Morgan fingerprint density at radius 2 is 2.05 bits per heavy atom. The lowest BCUT2D eigenvalue weighted by molar-refractivity contribution is -0.384. The summed E-state index contributed by atoms with van der Waals surface area (Å²) in [5.74, 6) is -1.09. The molecule has 0 bridgehead atoms. The quantitative estimate of drug-likeness (QED) is 0.463. The van der Waals surface area contributed by atoms with Gasteiger partial charge in [-0.25, -0.2) is 0 Å². The summed E-state index contributed by atoms with van der Waals surface area (Å²) in [4.78, 5) is 34.7. The van der Waals surface area contributed by atoms with Gasteiger partial charge < -0.3 is 9.64 Å². The van der Waals surface area contributed by atoms with Crippen LogP contribution in [0.3, 0.4) is 0 Å². The first kappa shape index (κ1) is 13.0. The number of carbonyl (C=O) groups is 2. The molecule has 1 aliphatic rings. The SMILES string of the molecule is COC(=O)[C@@H]1CC(=O)N(c2ccc([N+](=O)[O-])cc2)C1. The fourth-order valence-electron chi connectivity index (χ4n) is 2.04. The lowest BCUT2D eigenvalue weighted by atomic mass is 10.1. The molecule has 1 aromatic carbocycles. The Bertz CT molecular complexity index is 525. The molecule has 0 N–H and O–H groups in total. The Morgan fingerprint density at radius 3 is 2.58 bits per heavy atom. The zero-order valence-corrected chi connectivity index (χ0v) is 10.2. The van der Waals surface area contributed by atoms with Crippen molar-refractivity contribution in [2.24, 2.45) is 5.92 Å². The predicted molar refractivity (Wildman–Crippen MR) is 65.6 cm³/mol. The molecule has 0 radical (unpaired) electrons. The summed E-state index contributed by atoms with van der Waals surface area (Å²) in [5, 5.41) is 10.5. The first-order valence-electron chi connectivity index (χ1n) is 5.65. The molecule has 1 amide bonds. The molecule has 0 aromatic heterocycles. The topological polar surface area (TPSA) is 89.8 Å². The van der Waals surface area contributed by atoms with Crippen LogP contribution in [0.4, 0.5) is 11.4 Å². The van der Waals surface area contributed by atoms with Crippen LogP contribution in [0.1, 0.15) is 6.42 Å². The molecular weight excluding hydrogens is 252 g/mol. The van der Waals surface area contributed by atoms with E-state index in [1.807, 2.05) is 0 Å². The first-order chi connectivity index (χ1) is 9.02. The van der Waals surface area contributed by atoms with Gasteiger partial charge >= 0.3 is 5.97 Å². The second kappa shape index (κ2) is 5.05. The van der Waals surface area contributed by atoms with Gasteiger partial charge in [0, 0.05) is 30.8 Å². The van der Waals surface area contributed by atoms with E-state index < -0.39 is 16.8 Å². The molecule has 1 heterocycles. The average Bonchev–Trinajstić information content (AvgIpc) is 2.80. The highest BCUT2D eigenvalue weighted by Gasteiger charge is 2.35. The third-order valence-corrected chi connectivity index (χ3v) is 3.03. The van der Waals surface area contributed by atoms with Gasteiger partial charge in [0.1, 0.15) is 0 Å². The van der Waals surface area contributed by atoms with Crippen LogP contribution in [0.25, 0.3) is 0 Å². The lowest BCUT2D eigenvalue weighted by Gasteiger charge is -2.15. The average molecular weight is 264 g/mol. The number of ether oxygens (including phenoxy) is 1. The number of nitro groups is 1. The largest absolute Gasteiger partial charge is 0.469 e. The number of hydrogen-bond donors (Lipinski definition) is 0. The number of benzene rings is 1. The van der Waals surface area contributed by atoms with E-state index in [-0.39, 0.29) is 24.6 Å². The maximum Gasteiger partial charge on any atom is 0.311 e. The minimum atomic E-state index is -0.507. The van der Waals surface area contributed by atoms with Crippen molar-refractivity contribution in [3.8, 4) is 0 Å². The van der Waals surface area contributed by atoms with Crippen molar-refractivity contribution in [3.05, 3.63) is 34.4 Å². The number of non-ortho nitro benzene ring substituents is 1. The number of amides is 1. The van der Waals surface area contributed by atoms with E-state index in [1.54, 1.807) is 0 Å². The smallest absolute Gasteiger partial charge is 0.311 e. The highest BCUT2D eigenvalue weighted by molar-refractivity contribution is 5.99. The van der Waals surface area contributed by atoms with Gasteiger partial charge in [-0.05, 0) is 12.1 Å². The first-order valence-corrected chi connectivity index (χ1v) is 5.65. The van der Waals surface area contributed by atoms with Gasteiger partial charge in [0.05, 0.1) is 18.0 Å². The standard InChI is InChI=1S/C12H12N2O5/c1-19-12(16)8-6-11(15)13(7-8)9-2-4-10(5-3-9)14(17)18/h2-5,8H,6-7H2,1H3/t8-/m1/s1. The van der Waals surface area contributed by atoms with Crippen molar-refractivity contribution in [2.75, 3.05) is 18.6 Å². The molecule has 19 heavy (non-hydrogen) atoms. The summed E-state index contributed by atoms with van der Waals surface area (Å²) in [6.45, 7) is 0.239. The van der Waals surface area contributed by atoms with Gasteiger partial charge in [-0.2, -0.15) is 0 Å². The molecular formula is C12H12N2O5. The minimum absolute atomic E-state index is 0.0417.